The number of nitrogens with zero attached hydrogens (tertiary/aromatic N) is 5. The van der Waals surface area contributed by atoms with Crippen molar-refractivity contribution in [2.45, 2.75) is 25.3 Å². The lowest BCUT2D eigenvalue weighted by atomic mass is 9.98. The van der Waals surface area contributed by atoms with Gasteiger partial charge in [0.15, 0.2) is 0 Å². The van der Waals surface area contributed by atoms with Crippen molar-refractivity contribution < 1.29 is 4.79 Å². The maximum absolute atomic E-state index is 11.9. The standard InChI is InChI=1S/C20H22N6O/c1-3-17(27)25-9-13-6-20(2,7-14(13)10-25)26-11-15(8-24-26)18-16-4-5-21-19(16)23-12-22-18/h3-5,8,11-14H,1,6-7,9-10H2,2H3,(H,21,22,23)/t13-,14+,20-. The molecule has 1 aliphatic heterocycles. The van der Waals surface area contributed by atoms with E-state index in [9.17, 15) is 4.79 Å². The molecule has 2 aliphatic rings. The first-order chi connectivity index (χ1) is 13.1. The van der Waals surface area contributed by atoms with E-state index in [2.05, 4.69) is 44.4 Å². The van der Waals surface area contributed by atoms with Crippen molar-refractivity contribution in [1.29, 1.82) is 0 Å². The molecule has 3 atom stereocenters. The van der Waals surface area contributed by atoms with Gasteiger partial charge in [-0.25, -0.2) is 9.97 Å². The zero-order valence-electron chi connectivity index (χ0n) is 15.3. The number of hydrogen-bond donors (Lipinski definition) is 1. The highest BCUT2D eigenvalue weighted by Gasteiger charge is 2.48. The first kappa shape index (κ1) is 16.2. The number of hydrogen-bond acceptors (Lipinski definition) is 4. The van der Waals surface area contributed by atoms with Gasteiger partial charge in [0, 0.05) is 36.4 Å². The topological polar surface area (TPSA) is 79.7 Å². The number of fused-ring (bicyclic) bond motifs is 2. The maximum atomic E-state index is 11.9. The Hall–Kier alpha value is -2.96. The molecule has 5 rings (SSSR count). The van der Waals surface area contributed by atoms with Gasteiger partial charge in [-0.3, -0.25) is 9.48 Å². The van der Waals surface area contributed by atoms with Gasteiger partial charge in [0.1, 0.15) is 12.0 Å². The molecule has 3 aromatic rings. The molecule has 1 amide bonds. The predicted molar refractivity (Wildman–Crippen MR) is 102 cm³/mol. The summed E-state index contributed by atoms with van der Waals surface area (Å²) in [6.45, 7) is 7.54. The quantitative estimate of drug-likeness (QED) is 0.726. The second kappa shape index (κ2) is 5.77. The van der Waals surface area contributed by atoms with E-state index in [4.69, 9.17) is 0 Å². The van der Waals surface area contributed by atoms with Gasteiger partial charge >= 0.3 is 0 Å². The van der Waals surface area contributed by atoms with E-state index in [-0.39, 0.29) is 11.4 Å². The molecule has 0 unspecified atom stereocenters. The van der Waals surface area contributed by atoms with Gasteiger partial charge in [-0.2, -0.15) is 5.10 Å². The molecule has 0 bridgehead atoms. The third-order valence-electron chi connectivity index (χ3n) is 6.23. The summed E-state index contributed by atoms with van der Waals surface area (Å²) in [5, 5.41) is 5.69. The molecule has 7 heteroatoms. The zero-order chi connectivity index (χ0) is 18.6. The number of aromatic amines is 1. The molecule has 0 spiro atoms. The maximum Gasteiger partial charge on any atom is 0.245 e. The van der Waals surface area contributed by atoms with E-state index in [1.165, 1.54) is 6.08 Å². The molecular formula is C20H22N6O. The first-order valence-electron chi connectivity index (χ1n) is 9.32. The van der Waals surface area contributed by atoms with Crippen LogP contribution in [0.1, 0.15) is 19.8 Å². The fourth-order valence-electron chi connectivity index (χ4n) is 4.95. The van der Waals surface area contributed by atoms with Gasteiger partial charge in [-0.1, -0.05) is 6.58 Å². The first-order valence-corrected chi connectivity index (χ1v) is 9.32. The van der Waals surface area contributed by atoms with Crippen molar-refractivity contribution in [2.24, 2.45) is 11.8 Å². The fourth-order valence-corrected chi connectivity index (χ4v) is 4.95. The van der Waals surface area contributed by atoms with Gasteiger partial charge in [-0.15, -0.1) is 0 Å². The van der Waals surface area contributed by atoms with Crippen LogP contribution in [0.15, 0.2) is 43.6 Å². The van der Waals surface area contributed by atoms with Crippen LogP contribution >= 0.6 is 0 Å². The molecule has 3 aromatic heterocycles. The summed E-state index contributed by atoms with van der Waals surface area (Å²) in [4.78, 5) is 25.7. The van der Waals surface area contributed by atoms with Crippen LogP contribution in [-0.2, 0) is 10.3 Å². The Morgan fingerprint density at radius 1 is 1.33 bits per heavy atom. The average Bonchev–Trinajstić information content (AvgIpc) is 3.42. The summed E-state index contributed by atoms with van der Waals surface area (Å²) >= 11 is 0. The minimum atomic E-state index is -0.0266. The van der Waals surface area contributed by atoms with Crippen LogP contribution < -0.4 is 0 Å². The number of nitrogens with one attached hydrogen (secondary N) is 1. The Kier molecular flexibility index (Phi) is 3.47. The summed E-state index contributed by atoms with van der Waals surface area (Å²) < 4.78 is 2.10. The van der Waals surface area contributed by atoms with Gasteiger partial charge in [-0.05, 0) is 43.7 Å². The average molecular weight is 362 g/mol. The van der Waals surface area contributed by atoms with Crippen molar-refractivity contribution in [3.05, 3.63) is 43.6 Å². The molecule has 2 fully saturated rings. The lowest BCUT2D eigenvalue weighted by Gasteiger charge is -2.27. The highest BCUT2D eigenvalue weighted by atomic mass is 16.2. The Morgan fingerprint density at radius 3 is 2.85 bits per heavy atom. The van der Waals surface area contributed by atoms with Crippen molar-refractivity contribution in [3.63, 3.8) is 0 Å². The van der Waals surface area contributed by atoms with Crippen molar-refractivity contribution in [2.75, 3.05) is 13.1 Å². The zero-order valence-corrected chi connectivity index (χ0v) is 15.3. The summed E-state index contributed by atoms with van der Waals surface area (Å²) in [7, 11) is 0. The van der Waals surface area contributed by atoms with E-state index in [0.29, 0.717) is 11.8 Å². The normalized spacial score (nSPS) is 27.2. The number of likely N-dealkylation sites (tertiary alicyclic amines) is 1. The van der Waals surface area contributed by atoms with Crippen LogP contribution in [0.25, 0.3) is 22.3 Å². The Balaban J connectivity index is 1.40. The number of aromatic nitrogens is 5. The van der Waals surface area contributed by atoms with E-state index in [1.807, 2.05) is 23.4 Å². The van der Waals surface area contributed by atoms with Crippen LogP contribution in [0.2, 0.25) is 0 Å². The monoisotopic (exact) mass is 362 g/mol. The highest BCUT2D eigenvalue weighted by Crippen LogP contribution is 2.47. The van der Waals surface area contributed by atoms with Crippen LogP contribution in [0, 0.1) is 11.8 Å². The van der Waals surface area contributed by atoms with Gasteiger partial charge in [0.05, 0.1) is 17.4 Å². The summed E-state index contributed by atoms with van der Waals surface area (Å²) in [6.07, 6.45) is 10.9. The molecular weight excluding hydrogens is 340 g/mol. The van der Waals surface area contributed by atoms with Crippen molar-refractivity contribution >= 4 is 16.9 Å². The van der Waals surface area contributed by atoms with Crippen LogP contribution in [-0.4, -0.2) is 48.6 Å². The Labute approximate surface area is 157 Å². The number of carbonyl (C=O) groups is 1. The molecule has 0 radical (unpaired) electrons. The second-order valence-electron chi connectivity index (χ2n) is 8.01. The minimum Gasteiger partial charge on any atom is -0.346 e. The Morgan fingerprint density at radius 2 is 2.11 bits per heavy atom. The lowest BCUT2D eigenvalue weighted by Crippen LogP contribution is -2.33. The third-order valence-corrected chi connectivity index (χ3v) is 6.23. The second-order valence-corrected chi connectivity index (χ2v) is 8.01. The van der Waals surface area contributed by atoms with Crippen LogP contribution in [0.4, 0.5) is 0 Å². The summed E-state index contributed by atoms with van der Waals surface area (Å²) in [5.41, 5.74) is 2.71. The van der Waals surface area contributed by atoms with Gasteiger partial charge in [0.25, 0.3) is 0 Å². The number of H-pyrrole nitrogens is 1. The Bertz CT molecular complexity index is 1020. The van der Waals surface area contributed by atoms with Crippen molar-refractivity contribution in [3.8, 4) is 11.3 Å². The molecule has 1 saturated carbocycles. The molecule has 4 heterocycles. The number of amides is 1. The molecule has 0 aromatic carbocycles. The fraction of sp³-hybridized carbons (Fsp3) is 0.400. The molecule has 1 saturated heterocycles. The van der Waals surface area contributed by atoms with Crippen LogP contribution in [0.3, 0.4) is 0 Å². The molecule has 7 nitrogen and oxygen atoms in total. The summed E-state index contributed by atoms with van der Waals surface area (Å²) in [5.74, 6) is 1.11. The van der Waals surface area contributed by atoms with E-state index in [1.54, 1.807) is 6.33 Å². The number of rotatable bonds is 3. The van der Waals surface area contributed by atoms with E-state index in [0.717, 1.165) is 48.2 Å². The minimum absolute atomic E-state index is 0.0266. The third kappa shape index (κ3) is 2.49. The largest absolute Gasteiger partial charge is 0.346 e. The van der Waals surface area contributed by atoms with Gasteiger partial charge in [0.2, 0.25) is 5.91 Å². The highest BCUT2D eigenvalue weighted by molar-refractivity contribution is 5.90. The molecule has 1 N–H and O–H groups in total. The van der Waals surface area contributed by atoms with E-state index >= 15 is 0 Å². The smallest absolute Gasteiger partial charge is 0.245 e. The molecule has 27 heavy (non-hydrogen) atoms. The lowest BCUT2D eigenvalue weighted by molar-refractivity contribution is -0.125. The van der Waals surface area contributed by atoms with E-state index < -0.39 is 0 Å². The number of carbonyl (C=O) groups excluding carboxylic acids is 1. The predicted octanol–water partition coefficient (Wildman–Crippen LogP) is 2.59. The van der Waals surface area contributed by atoms with Crippen LogP contribution in [0.5, 0.6) is 0 Å². The molecule has 1 aliphatic carbocycles. The van der Waals surface area contributed by atoms with Gasteiger partial charge < -0.3 is 9.88 Å². The SMILES string of the molecule is C=CC(=O)N1C[C@@H]2C[C@](C)(n3cc(-c4ncnc5[nH]ccc45)cn3)C[C@@H]2C1. The molecule has 138 valence electrons. The summed E-state index contributed by atoms with van der Waals surface area (Å²) in [6, 6.07) is 1.99. The van der Waals surface area contributed by atoms with Crippen molar-refractivity contribution in [1.82, 2.24) is 29.6 Å².